The van der Waals surface area contributed by atoms with Gasteiger partial charge in [-0.1, -0.05) is 0 Å². The summed E-state index contributed by atoms with van der Waals surface area (Å²) < 4.78 is 217. The van der Waals surface area contributed by atoms with Crippen LogP contribution in [0.2, 0.25) is 0 Å². The van der Waals surface area contributed by atoms with Crippen molar-refractivity contribution in [3.8, 4) is 4.20 Å². The number of alkyl halides is 18. The molecule has 271 valence electrons. The summed E-state index contributed by atoms with van der Waals surface area (Å²) in [5.41, 5.74) is -13.9. The fraction of sp³-hybridized carbons (Fsp3) is 0.950. The van der Waals surface area contributed by atoms with Gasteiger partial charge in [0.05, 0.1) is 13.2 Å². The van der Waals surface area contributed by atoms with Gasteiger partial charge in [0.25, 0.3) is 16.8 Å². The number of rotatable bonds is 4. The Morgan fingerprint density at radius 1 is 0.477 bits per heavy atom. The molecule has 5 nitrogen and oxygen atoms in total. The molecule has 0 atom stereocenters. The second-order valence-electron chi connectivity index (χ2n) is 8.08. The Hall–Kier alpha value is -0.992. The predicted octanol–water partition coefficient (Wildman–Crippen LogP) is 7.16. The van der Waals surface area contributed by atoms with E-state index in [1.165, 1.54) is 6.42 Å². The van der Waals surface area contributed by atoms with Gasteiger partial charge in [-0.2, -0.15) is 79.0 Å². The molecule has 3 N–H and O–H groups in total. The molecule has 0 amide bonds. The average molecular weight is 787 g/mol. The van der Waals surface area contributed by atoms with Crippen molar-refractivity contribution < 1.29 is 123 Å². The van der Waals surface area contributed by atoms with E-state index in [2.05, 4.69) is 20.6 Å². The van der Waals surface area contributed by atoms with E-state index < -0.39 is 53.9 Å². The van der Waals surface area contributed by atoms with Crippen LogP contribution < -0.4 is 0 Å². The zero-order valence-corrected chi connectivity index (χ0v) is 25.2. The second-order valence-corrected chi connectivity index (χ2v) is 8.79. The molecule has 0 heterocycles. The summed E-state index contributed by atoms with van der Waals surface area (Å²) in [4.78, 5) is 0. The quantitative estimate of drug-likeness (QED) is 0.160. The van der Waals surface area contributed by atoms with Gasteiger partial charge in [-0.05, 0) is 20.8 Å². The van der Waals surface area contributed by atoms with E-state index in [1.54, 1.807) is 14.2 Å². The van der Waals surface area contributed by atoms with Gasteiger partial charge in [-0.3, -0.25) is 0 Å². The summed E-state index contributed by atoms with van der Waals surface area (Å²) in [5, 5.41) is 23.8. The summed E-state index contributed by atoms with van der Waals surface area (Å²) in [6.45, 7) is 2.51. The molecular formula is C20H29F18MoO5. The molecule has 0 aromatic rings. The van der Waals surface area contributed by atoms with Gasteiger partial charge in [0.2, 0.25) is 0 Å². The Bertz CT molecular complexity index is 649. The molecule has 0 saturated carbocycles. The van der Waals surface area contributed by atoms with Crippen molar-refractivity contribution in [2.45, 2.75) is 94.4 Å². The van der Waals surface area contributed by atoms with E-state index in [9.17, 15) is 79.0 Å². The maximum Gasteiger partial charge on any atom is 0.0696 e. The standard InChI is InChI=1S/3C4H4F6O.C4H10O2.C4H7.Mo/c3*1-2(11,3(5,6)7)4(8,9)10;1-5-3-4-6-2;1-3-4-2;/h3*11H,1H3;3-4H2,1-2H3;3-4H2,1H3;. The van der Waals surface area contributed by atoms with Crippen LogP contribution in [0.4, 0.5) is 79.0 Å². The molecule has 0 aliphatic rings. The summed E-state index contributed by atoms with van der Waals surface area (Å²) in [5.74, 6) is 0. The molecule has 0 saturated heterocycles. The van der Waals surface area contributed by atoms with Gasteiger partial charge in [-0.25, -0.2) is 0 Å². The van der Waals surface area contributed by atoms with Crippen LogP contribution in [0, 0.1) is 4.20 Å². The zero-order chi connectivity index (χ0) is 37.4. The van der Waals surface area contributed by atoms with Crippen molar-refractivity contribution in [1.82, 2.24) is 0 Å². The van der Waals surface area contributed by atoms with Gasteiger partial charge in [-0.15, -0.1) is 0 Å². The molecule has 0 aromatic heterocycles. The molecular weight excluding hydrogens is 758 g/mol. The van der Waals surface area contributed by atoms with Crippen LogP contribution in [0.5, 0.6) is 0 Å². The van der Waals surface area contributed by atoms with Crippen molar-refractivity contribution in [2.75, 3.05) is 27.4 Å². The van der Waals surface area contributed by atoms with E-state index >= 15 is 0 Å². The number of hydrogen-bond acceptors (Lipinski definition) is 5. The number of ether oxygens (including phenoxy) is 2. The molecule has 0 aliphatic carbocycles. The maximum atomic E-state index is 11.4. The molecule has 0 unspecified atom stereocenters. The Labute approximate surface area is 249 Å². The molecule has 0 rings (SSSR count). The summed E-state index contributed by atoms with van der Waals surface area (Å²) in [6, 6.07) is 0. The van der Waals surface area contributed by atoms with Crippen LogP contribution in [-0.4, -0.2) is 96.6 Å². The van der Waals surface area contributed by atoms with Gasteiger partial charge >= 0.3 is 80.2 Å². The van der Waals surface area contributed by atoms with Crippen molar-refractivity contribution in [1.29, 1.82) is 0 Å². The zero-order valence-electron chi connectivity index (χ0n) is 23.2. The molecule has 0 aliphatic heterocycles. The molecule has 0 radical (unpaired) electrons. The summed E-state index contributed by atoms with van der Waals surface area (Å²) in [6.07, 6.45) is -31.8. The van der Waals surface area contributed by atoms with Crippen molar-refractivity contribution in [3.63, 3.8) is 0 Å². The van der Waals surface area contributed by atoms with Gasteiger partial charge in [0.15, 0.2) is 0 Å². The van der Waals surface area contributed by atoms with Crippen LogP contribution in [0.1, 0.15) is 40.5 Å². The van der Waals surface area contributed by atoms with Crippen LogP contribution >= 0.6 is 0 Å². The van der Waals surface area contributed by atoms with Gasteiger partial charge < -0.3 is 24.8 Å². The van der Waals surface area contributed by atoms with E-state index in [0.29, 0.717) is 13.2 Å². The average Bonchev–Trinajstić information content (AvgIpc) is 2.75. The van der Waals surface area contributed by atoms with E-state index in [1.807, 2.05) is 19.2 Å². The number of aliphatic hydroxyl groups is 3. The Kier molecular flexibility index (Phi) is 23.4. The third-order valence-corrected chi connectivity index (χ3v) is 4.66. The smallest absolute Gasteiger partial charge is 0.0696 e. The maximum absolute atomic E-state index is 11.4. The van der Waals surface area contributed by atoms with E-state index in [-0.39, 0.29) is 20.8 Å². The minimum absolute atomic E-state index is 0.340. The largest absolute Gasteiger partial charge is 0.382 e. The van der Waals surface area contributed by atoms with E-state index in [4.69, 9.17) is 15.3 Å². The third-order valence-electron chi connectivity index (χ3n) is 4.16. The van der Waals surface area contributed by atoms with Crippen molar-refractivity contribution in [2.24, 2.45) is 0 Å². The molecule has 44 heavy (non-hydrogen) atoms. The van der Waals surface area contributed by atoms with Crippen molar-refractivity contribution in [3.05, 3.63) is 0 Å². The first-order valence-corrected chi connectivity index (χ1v) is 11.7. The normalized spacial score (nSPS) is 13.4. The monoisotopic (exact) mass is 789 g/mol. The molecule has 0 fully saturated rings. The first-order chi connectivity index (χ1) is 18.8. The van der Waals surface area contributed by atoms with Crippen LogP contribution in [0.15, 0.2) is 0 Å². The number of hydrogen-bond donors (Lipinski definition) is 3. The number of halogens is 18. The Morgan fingerprint density at radius 2 is 0.636 bits per heavy atom. The third kappa shape index (κ3) is 19.5. The summed E-state index contributed by atoms with van der Waals surface area (Å²) >= 11 is 1.90. The van der Waals surface area contributed by atoms with E-state index in [0.717, 1.165) is 6.42 Å². The van der Waals surface area contributed by atoms with Crippen LogP contribution in [0.25, 0.3) is 0 Å². The minimum atomic E-state index is -5.69. The topological polar surface area (TPSA) is 79.2 Å². The van der Waals surface area contributed by atoms with Crippen LogP contribution in [0.3, 0.4) is 0 Å². The first-order valence-electron chi connectivity index (χ1n) is 10.7. The summed E-state index contributed by atoms with van der Waals surface area (Å²) in [7, 11) is 3.30. The van der Waals surface area contributed by atoms with Gasteiger partial charge in [0.1, 0.15) is 0 Å². The van der Waals surface area contributed by atoms with Crippen molar-refractivity contribution >= 4 is 0 Å². The molecule has 0 spiro atoms. The fourth-order valence-electron chi connectivity index (χ4n) is 0.751. The number of methoxy groups -OCH3 is 2. The SMILES string of the molecule is CC(O)(C(F)(F)F)C(F)(F)F.CC(O)(C(F)(F)F)C(F)(F)F.CC(O)(C(F)(F)F)C(F)(F)F.CCC[C]#[Mo].COCCOC. The van der Waals surface area contributed by atoms with Gasteiger partial charge in [0, 0.05) is 14.2 Å². The van der Waals surface area contributed by atoms with Crippen LogP contribution in [-0.2, 0) is 28.6 Å². The Balaban J connectivity index is -0.000000149. The molecule has 0 aromatic carbocycles. The number of unbranched alkanes of at least 4 members (excludes halogenated alkanes) is 1. The predicted molar refractivity (Wildman–Crippen MR) is 111 cm³/mol. The molecule has 24 heteroatoms. The second kappa shape index (κ2) is 19.6. The Morgan fingerprint density at radius 3 is 0.659 bits per heavy atom. The molecule has 0 bridgehead atoms. The minimum Gasteiger partial charge on any atom is -0.382 e. The first kappa shape index (κ1) is 52.5. The fourth-order valence-corrected chi connectivity index (χ4v) is 1.25.